The summed E-state index contributed by atoms with van der Waals surface area (Å²) in [5, 5.41) is 0. The number of fused-ring (bicyclic) bond motifs is 1. The first-order chi connectivity index (χ1) is 8.74. The van der Waals surface area contributed by atoms with E-state index >= 15 is 0 Å². The Morgan fingerprint density at radius 2 is 2.22 bits per heavy atom. The molecule has 2 N–H and O–H groups in total. The highest BCUT2D eigenvalue weighted by atomic mass is 16.5. The maximum atomic E-state index is 5.87. The van der Waals surface area contributed by atoms with Crippen LogP contribution in [0.25, 0.3) is 0 Å². The van der Waals surface area contributed by atoms with Gasteiger partial charge in [-0.25, -0.2) is 0 Å². The summed E-state index contributed by atoms with van der Waals surface area (Å²) in [5.41, 5.74) is 8.37. The van der Waals surface area contributed by atoms with Gasteiger partial charge in [0.15, 0.2) is 0 Å². The summed E-state index contributed by atoms with van der Waals surface area (Å²) in [6.07, 6.45) is 4.23. The second-order valence-corrected chi connectivity index (χ2v) is 4.98. The average Bonchev–Trinajstić information content (AvgIpc) is 2.98. The zero-order valence-electron chi connectivity index (χ0n) is 10.5. The second kappa shape index (κ2) is 4.50. The molecule has 18 heavy (non-hydrogen) atoms. The molecule has 1 aliphatic rings. The summed E-state index contributed by atoms with van der Waals surface area (Å²) in [4.78, 5) is 0. The minimum Gasteiger partial charge on any atom is -0.493 e. The molecule has 0 bridgehead atoms. The van der Waals surface area contributed by atoms with Crippen LogP contribution in [-0.4, -0.2) is 11.2 Å². The van der Waals surface area contributed by atoms with Crippen LogP contribution in [0.2, 0.25) is 0 Å². The number of benzene rings is 1. The van der Waals surface area contributed by atoms with E-state index in [1.54, 1.807) is 0 Å². The van der Waals surface area contributed by atoms with E-state index in [9.17, 15) is 0 Å². The summed E-state index contributed by atoms with van der Waals surface area (Å²) in [6.45, 7) is 3.72. The van der Waals surface area contributed by atoms with Gasteiger partial charge in [-0.1, -0.05) is 18.2 Å². The largest absolute Gasteiger partial charge is 0.493 e. The molecule has 3 nitrogen and oxygen atoms in total. The third-order valence-electron chi connectivity index (χ3n) is 3.53. The fourth-order valence-electron chi connectivity index (χ4n) is 2.48. The molecule has 1 aromatic carbocycles. The van der Waals surface area contributed by atoms with Crippen LogP contribution in [0.1, 0.15) is 30.0 Å². The molecule has 1 aromatic heterocycles. The predicted octanol–water partition coefficient (Wildman–Crippen LogP) is 2.68. The number of nitrogens with zero attached hydrogens (tertiary/aromatic N) is 1. The van der Waals surface area contributed by atoms with Crippen molar-refractivity contribution in [1.82, 2.24) is 4.57 Å². The van der Waals surface area contributed by atoms with Crippen molar-refractivity contribution in [3.8, 4) is 5.75 Å². The molecule has 1 aliphatic heterocycles. The molecule has 2 unspecified atom stereocenters. The van der Waals surface area contributed by atoms with Gasteiger partial charge in [-0.05, 0) is 24.6 Å². The molecule has 2 atom stereocenters. The standard InChI is InChI=1S/C15H18N2O/c1-11(16)12-6-7-17(8-12)9-13-10-18-15-5-3-2-4-14(13)15/h2-8,11,13H,9-10,16H2,1H3. The van der Waals surface area contributed by atoms with E-state index in [1.165, 1.54) is 11.1 Å². The maximum Gasteiger partial charge on any atom is 0.122 e. The number of rotatable bonds is 3. The monoisotopic (exact) mass is 242 g/mol. The van der Waals surface area contributed by atoms with Crippen LogP contribution in [-0.2, 0) is 6.54 Å². The Hall–Kier alpha value is -1.74. The first-order valence-corrected chi connectivity index (χ1v) is 6.37. The highest BCUT2D eigenvalue weighted by molar-refractivity contribution is 5.39. The van der Waals surface area contributed by atoms with Crippen molar-refractivity contribution in [2.24, 2.45) is 5.73 Å². The normalized spacial score (nSPS) is 19.3. The Labute approximate surface area is 107 Å². The zero-order valence-corrected chi connectivity index (χ0v) is 10.5. The van der Waals surface area contributed by atoms with E-state index < -0.39 is 0 Å². The Bertz CT molecular complexity index is 545. The van der Waals surface area contributed by atoms with Gasteiger partial charge in [0.2, 0.25) is 0 Å². The van der Waals surface area contributed by atoms with E-state index in [-0.39, 0.29) is 6.04 Å². The van der Waals surface area contributed by atoms with Crippen LogP contribution in [0.5, 0.6) is 5.75 Å². The number of para-hydroxylation sites is 1. The molecule has 0 radical (unpaired) electrons. The van der Waals surface area contributed by atoms with E-state index in [4.69, 9.17) is 10.5 Å². The highest BCUT2D eigenvalue weighted by Gasteiger charge is 2.23. The molecular formula is C15H18N2O. The number of ether oxygens (including phenoxy) is 1. The molecule has 0 saturated heterocycles. The fourth-order valence-corrected chi connectivity index (χ4v) is 2.48. The highest BCUT2D eigenvalue weighted by Crippen LogP contribution is 2.34. The van der Waals surface area contributed by atoms with E-state index in [0.717, 1.165) is 18.9 Å². The summed E-state index contributed by atoms with van der Waals surface area (Å²) < 4.78 is 7.90. The van der Waals surface area contributed by atoms with E-state index in [2.05, 4.69) is 35.2 Å². The van der Waals surface area contributed by atoms with Crippen molar-refractivity contribution in [1.29, 1.82) is 0 Å². The number of hydrogen-bond acceptors (Lipinski definition) is 2. The lowest BCUT2D eigenvalue weighted by atomic mass is 10.0. The van der Waals surface area contributed by atoms with Gasteiger partial charge in [0, 0.05) is 36.5 Å². The molecule has 2 heterocycles. The van der Waals surface area contributed by atoms with E-state index in [0.29, 0.717) is 5.92 Å². The smallest absolute Gasteiger partial charge is 0.122 e. The van der Waals surface area contributed by atoms with Gasteiger partial charge in [0.05, 0.1) is 6.61 Å². The third-order valence-corrected chi connectivity index (χ3v) is 3.53. The summed E-state index contributed by atoms with van der Waals surface area (Å²) >= 11 is 0. The first kappa shape index (κ1) is 11.4. The van der Waals surface area contributed by atoms with Gasteiger partial charge in [0.1, 0.15) is 5.75 Å². The van der Waals surface area contributed by atoms with Crippen molar-refractivity contribution >= 4 is 0 Å². The van der Waals surface area contributed by atoms with Gasteiger partial charge in [-0.15, -0.1) is 0 Å². The molecule has 0 spiro atoms. The molecule has 2 aromatic rings. The Morgan fingerprint density at radius 1 is 1.39 bits per heavy atom. The zero-order chi connectivity index (χ0) is 12.5. The lowest BCUT2D eigenvalue weighted by Gasteiger charge is -2.10. The quantitative estimate of drug-likeness (QED) is 0.899. The topological polar surface area (TPSA) is 40.2 Å². The number of hydrogen-bond donors (Lipinski definition) is 1. The maximum absolute atomic E-state index is 5.87. The first-order valence-electron chi connectivity index (χ1n) is 6.37. The summed E-state index contributed by atoms with van der Waals surface area (Å²) in [5.74, 6) is 1.47. The van der Waals surface area contributed by atoms with Crippen LogP contribution < -0.4 is 10.5 Å². The average molecular weight is 242 g/mol. The Morgan fingerprint density at radius 3 is 3.00 bits per heavy atom. The summed E-state index contributed by atoms with van der Waals surface area (Å²) in [6, 6.07) is 10.5. The minimum atomic E-state index is 0.0957. The van der Waals surface area contributed by atoms with Gasteiger partial charge in [-0.3, -0.25) is 0 Å². The fraction of sp³-hybridized carbons (Fsp3) is 0.333. The molecular weight excluding hydrogens is 224 g/mol. The summed E-state index contributed by atoms with van der Waals surface area (Å²) in [7, 11) is 0. The SMILES string of the molecule is CC(N)c1ccn(CC2COc3ccccc32)c1. The van der Waals surface area contributed by atoms with Crippen LogP contribution >= 0.6 is 0 Å². The van der Waals surface area contributed by atoms with E-state index in [1.807, 2.05) is 19.1 Å². The Kier molecular flexibility index (Phi) is 2.84. The minimum absolute atomic E-state index is 0.0957. The van der Waals surface area contributed by atoms with Crippen LogP contribution in [0, 0.1) is 0 Å². The second-order valence-electron chi connectivity index (χ2n) is 4.98. The van der Waals surface area contributed by atoms with Crippen LogP contribution in [0.3, 0.4) is 0 Å². The van der Waals surface area contributed by atoms with Gasteiger partial charge >= 0.3 is 0 Å². The third kappa shape index (κ3) is 2.02. The van der Waals surface area contributed by atoms with Gasteiger partial charge in [-0.2, -0.15) is 0 Å². The van der Waals surface area contributed by atoms with Crippen molar-refractivity contribution in [3.05, 3.63) is 53.9 Å². The molecule has 0 aliphatic carbocycles. The number of aromatic nitrogens is 1. The Balaban J connectivity index is 1.78. The molecule has 3 heteroatoms. The van der Waals surface area contributed by atoms with Crippen molar-refractivity contribution in [3.63, 3.8) is 0 Å². The molecule has 94 valence electrons. The van der Waals surface area contributed by atoms with Gasteiger partial charge < -0.3 is 15.0 Å². The van der Waals surface area contributed by atoms with Crippen molar-refractivity contribution in [2.45, 2.75) is 25.4 Å². The molecule has 3 rings (SSSR count). The molecule has 0 fully saturated rings. The van der Waals surface area contributed by atoms with Gasteiger partial charge in [0.25, 0.3) is 0 Å². The molecule has 0 saturated carbocycles. The molecule has 0 amide bonds. The lowest BCUT2D eigenvalue weighted by molar-refractivity contribution is 0.319. The predicted molar refractivity (Wildman–Crippen MR) is 71.7 cm³/mol. The van der Waals surface area contributed by atoms with Crippen molar-refractivity contribution < 1.29 is 4.74 Å². The van der Waals surface area contributed by atoms with Crippen LogP contribution in [0.4, 0.5) is 0 Å². The van der Waals surface area contributed by atoms with Crippen LogP contribution in [0.15, 0.2) is 42.7 Å². The van der Waals surface area contributed by atoms with Crippen molar-refractivity contribution in [2.75, 3.05) is 6.61 Å². The number of nitrogens with two attached hydrogens (primary N) is 1. The lowest BCUT2D eigenvalue weighted by Crippen LogP contribution is -2.09.